The minimum absolute atomic E-state index is 0.303. The van der Waals surface area contributed by atoms with Crippen molar-refractivity contribution in [2.75, 3.05) is 7.05 Å². The molecule has 0 bridgehead atoms. The van der Waals surface area contributed by atoms with E-state index in [1.807, 2.05) is 7.05 Å². The first kappa shape index (κ1) is 13.0. The molecular weight excluding hydrogens is 297 g/mol. The number of rotatable bonds is 3. The molecule has 0 heterocycles. The normalized spacial score (nSPS) is 13.9. The van der Waals surface area contributed by atoms with E-state index in [1.54, 1.807) is 0 Å². The summed E-state index contributed by atoms with van der Waals surface area (Å²) >= 11 is 2.34. The Kier molecular flexibility index (Phi) is 4.59. The lowest BCUT2D eigenvalue weighted by Crippen LogP contribution is -2.39. The van der Waals surface area contributed by atoms with Crippen LogP contribution in [0.15, 0.2) is 24.3 Å². The van der Waals surface area contributed by atoms with Crippen molar-refractivity contribution >= 4 is 22.6 Å². The molecule has 0 saturated carbocycles. The van der Waals surface area contributed by atoms with Crippen molar-refractivity contribution in [1.82, 2.24) is 5.32 Å². The van der Waals surface area contributed by atoms with Crippen LogP contribution in [0.3, 0.4) is 0 Å². The maximum absolute atomic E-state index is 3.40. The number of halogens is 1. The topological polar surface area (TPSA) is 12.0 Å². The number of nitrogens with one attached hydrogen (secondary N) is 1. The van der Waals surface area contributed by atoms with Gasteiger partial charge in [-0.3, -0.25) is 0 Å². The van der Waals surface area contributed by atoms with Crippen molar-refractivity contribution in [3.8, 4) is 0 Å². The van der Waals surface area contributed by atoms with E-state index in [0.717, 1.165) is 6.42 Å². The molecule has 84 valence electrons. The van der Waals surface area contributed by atoms with Gasteiger partial charge in [0.25, 0.3) is 0 Å². The van der Waals surface area contributed by atoms with Crippen LogP contribution in [0.1, 0.15) is 26.3 Å². The molecular formula is C13H20IN. The number of likely N-dealkylation sites (N-methyl/N-ethyl adjacent to an activating group) is 1. The highest BCUT2D eigenvalue weighted by Gasteiger charge is 2.22. The minimum Gasteiger partial charge on any atom is -0.316 e. The van der Waals surface area contributed by atoms with Crippen molar-refractivity contribution in [1.29, 1.82) is 0 Å². The van der Waals surface area contributed by atoms with Crippen LogP contribution >= 0.6 is 22.6 Å². The molecule has 1 unspecified atom stereocenters. The second-order valence-electron chi connectivity index (χ2n) is 5.04. The van der Waals surface area contributed by atoms with Gasteiger partial charge in [-0.25, -0.2) is 0 Å². The number of hydrogen-bond donors (Lipinski definition) is 1. The molecule has 0 saturated heterocycles. The monoisotopic (exact) mass is 317 g/mol. The molecule has 15 heavy (non-hydrogen) atoms. The third kappa shape index (κ3) is 4.11. The molecule has 1 aromatic rings. The van der Waals surface area contributed by atoms with Crippen LogP contribution in [0.5, 0.6) is 0 Å². The van der Waals surface area contributed by atoms with E-state index < -0.39 is 0 Å². The Morgan fingerprint density at radius 1 is 1.20 bits per heavy atom. The van der Waals surface area contributed by atoms with E-state index in [-0.39, 0.29) is 0 Å². The van der Waals surface area contributed by atoms with Gasteiger partial charge in [0.1, 0.15) is 0 Å². The van der Waals surface area contributed by atoms with E-state index in [1.165, 1.54) is 9.13 Å². The summed E-state index contributed by atoms with van der Waals surface area (Å²) in [6.07, 6.45) is 1.09. The molecule has 1 N–H and O–H groups in total. The highest BCUT2D eigenvalue weighted by Crippen LogP contribution is 2.22. The van der Waals surface area contributed by atoms with Crippen molar-refractivity contribution in [2.24, 2.45) is 5.41 Å². The van der Waals surface area contributed by atoms with Crippen molar-refractivity contribution in [2.45, 2.75) is 33.2 Å². The highest BCUT2D eigenvalue weighted by atomic mass is 127. The Morgan fingerprint density at radius 2 is 1.73 bits per heavy atom. The maximum Gasteiger partial charge on any atom is 0.0153 e. The fraction of sp³-hybridized carbons (Fsp3) is 0.538. The molecule has 1 nitrogen and oxygen atoms in total. The quantitative estimate of drug-likeness (QED) is 0.842. The van der Waals surface area contributed by atoms with Crippen LogP contribution in [-0.2, 0) is 6.42 Å². The molecule has 0 aliphatic heterocycles. The van der Waals surface area contributed by atoms with E-state index in [2.05, 4.69) is 72.9 Å². The summed E-state index contributed by atoms with van der Waals surface area (Å²) in [5, 5.41) is 3.40. The predicted octanol–water partition coefficient (Wildman–Crippen LogP) is 3.47. The molecule has 0 aliphatic carbocycles. The lowest BCUT2D eigenvalue weighted by Gasteiger charge is -2.30. The molecule has 1 atom stereocenters. The van der Waals surface area contributed by atoms with Gasteiger partial charge in [-0.15, -0.1) is 0 Å². The van der Waals surface area contributed by atoms with E-state index >= 15 is 0 Å². The maximum atomic E-state index is 3.40. The van der Waals surface area contributed by atoms with Crippen LogP contribution < -0.4 is 5.32 Å². The molecule has 1 aromatic carbocycles. The summed E-state index contributed by atoms with van der Waals surface area (Å²) in [6.45, 7) is 6.84. The van der Waals surface area contributed by atoms with Gasteiger partial charge in [-0.2, -0.15) is 0 Å². The van der Waals surface area contributed by atoms with Crippen LogP contribution in [-0.4, -0.2) is 13.1 Å². The highest BCUT2D eigenvalue weighted by molar-refractivity contribution is 14.1. The predicted molar refractivity (Wildman–Crippen MR) is 75.2 cm³/mol. The average Bonchev–Trinajstić information content (AvgIpc) is 2.15. The Labute approximate surface area is 107 Å². The lowest BCUT2D eigenvalue weighted by atomic mass is 9.83. The molecule has 0 aliphatic rings. The van der Waals surface area contributed by atoms with Crippen LogP contribution in [0, 0.1) is 8.99 Å². The van der Waals surface area contributed by atoms with E-state index in [4.69, 9.17) is 0 Å². The van der Waals surface area contributed by atoms with Crippen molar-refractivity contribution in [3.05, 3.63) is 33.4 Å². The molecule has 0 aromatic heterocycles. The van der Waals surface area contributed by atoms with Crippen LogP contribution in [0.4, 0.5) is 0 Å². The zero-order valence-corrected chi connectivity index (χ0v) is 12.1. The lowest BCUT2D eigenvalue weighted by molar-refractivity contribution is 0.280. The SMILES string of the molecule is CNC(Cc1ccc(I)cc1)C(C)(C)C. The van der Waals surface area contributed by atoms with Crippen LogP contribution in [0.2, 0.25) is 0 Å². The first-order chi connectivity index (χ1) is 6.93. The van der Waals surface area contributed by atoms with E-state index in [9.17, 15) is 0 Å². The summed E-state index contributed by atoms with van der Waals surface area (Å²) in [6, 6.07) is 9.31. The van der Waals surface area contributed by atoms with Gasteiger partial charge in [0.05, 0.1) is 0 Å². The zero-order valence-electron chi connectivity index (χ0n) is 9.97. The van der Waals surface area contributed by atoms with Crippen molar-refractivity contribution in [3.63, 3.8) is 0 Å². The molecule has 2 heteroatoms. The second kappa shape index (κ2) is 5.30. The standard InChI is InChI=1S/C13H20IN/c1-13(2,3)12(15-4)9-10-5-7-11(14)8-6-10/h5-8,12,15H,9H2,1-4H3. The van der Waals surface area contributed by atoms with Gasteiger partial charge >= 0.3 is 0 Å². The molecule has 1 rings (SSSR count). The minimum atomic E-state index is 0.303. The summed E-state index contributed by atoms with van der Waals surface area (Å²) in [7, 11) is 2.04. The Hall–Kier alpha value is -0.0900. The fourth-order valence-electron chi connectivity index (χ4n) is 1.70. The van der Waals surface area contributed by atoms with Gasteiger partial charge in [-0.1, -0.05) is 32.9 Å². The smallest absolute Gasteiger partial charge is 0.0153 e. The molecule has 0 amide bonds. The van der Waals surface area contributed by atoms with E-state index in [0.29, 0.717) is 11.5 Å². The first-order valence-electron chi connectivity index (χ1n) is 5.35. The van der Waals surface area contributed by atoms with Gasteiger partial charge in [0.15, 0.2) is 0 Å². The average molecular weight is 317 g/mol. The Bertz CT molecular complexity index is 297. The summed E-state index contributed by atoms with van der Waals surface area (Å²) in [5.74, 6) is 0. The summed E-state index contributed by atoms with van der Waals surface area (Å²) in [5.41, 5.74) is 1.71. The second-order valence-corrected chi connectivity index (χ2v) is 6.28. The molecule has 0 fully saturated rings. The largest absolute Gasteiger partial charge is 0.316 e. The summed E-state index contributed by atoms with van der Waals surface area (Å²) < 4.78 is 1.30. The first-order valence-corrected chi connectivity index (χ1v) is 6.43. The zero-order chi connectivity index (χ0) is 11.5. The number of hydrogen-bond acceptors (Lipinski definition) is 1. The van der Waals surface area contributed by atoms with Gasteiger partial charge < -0.3 is 5.32 Å². The van der Waals surface area contributed by atoms with Gasteiger partial charge in [0.2, 0.25) is 0 Å². The van der Waals surface area contributed by atoms with Gasteiger partial charge in [-0.05, 0) is 59.2 Å². The molecule has 0 radical (unpaired) electrons. The number of benzene rings is 1. The third-order valence-corrected chi connectivity index (χ3v) is 3.47. The third-order valence-electron chi connectivity index (χ3n) is 2.75. The molecule has 0 spiro atoms. The van der Waals surface area contributed by atoms with Crippen molar-refractivity contribution < 1.29 is 0 Å². The van der Waals surface area contributed by atoms with Crippen LogP contribution in [0.25, 0.3) is 0 Å². The summed E-state index contributed by atoms with van der Waals surface area (Å²) in [4.78, 5) is 0. The Morgan fingerprint density at radius 3 is 2.13 bits per heavy atom. The fourth-order valence-corrected chi connectivity index (χ4v) is 2.06. The van der Waals surface area contributed by atoms with Gasteiger partial charge in [0, 0.05) is 9.61 Å². The Balaban J connectivity index is 2.71.